The molecule has 0 amide bonds. The number of rotatable bonds is 5. The van der Waals surface area contributed by atoms with Crippen LogP contribution in [0.2, 0.25) is 5.02 Å². The highest BCUT2D eigenvalue weighted by Crippen LogP contribution is 2.24. The van der Waals surface area contributed by atoms with Crippen molar-refractivity contribution in [3.63, 3.8) is 0 Å². The van der Waals surface area contributed by atoms with E-state index in [1.54, 1.807) is 54.6 Å². The Labute approximate surface area is 171 Å². The molecule has 0 N–H and O–H groups in total. The highest BCUT2D eigenvalue weighted by molar-refractivity contribution is 6.34. The van der Waals surface area contributed by atoms with E-state index in [4.69, 9.17) is 21.1 Å². The second kappa shape index (κ2) is 8.29. The first-order valence-electron chi connectivity index (χ1n) is 8.83. The Bertz CT molecular complexity index is 1110. The topological polar surface area (TPSA) is 47.9 Å². The fourth-order valence-corrected chi connectivity index (χ4v) is 2.94. The summed E-state index contributed by atoms with van der Waals surface area (Å²) in [5, 5.41) is 0.461. The lowest BCUT2D eigenvalue weighted by Crippen LogP contribution is -2.05. The maximum Gasteiger partial charge on any atom is 0.363 e. The molecule has 29 heavy (non-hydrogen) atoms. The molecular formula is C23H15ClFNO3. The summed E-state index contributed by atoms with van der Waals surface area (Å²) < 4.78 is 23.9. The molecule has 3 aromatic carbocycles. The summed E-state index contributed by atoms with van der Waals surface area (Å²) in [6, 6.07) is 20.4. The van der Waals surface area contributed by atoms with Crippen molar-refractivity contribution in [2.24, 2.45) is 4.99 Å². The lowest BCUT2D eigenvalue weighted by molar-refractivity contribution is -0.129. The Morgan fingerprint density at radius 3 is 2.45 bits per heavy atom. The Morgan fingerprint density at radius 2 is 1.72 bits per heavy atom. The molecule has 0 radical (unpaired) electrons. The number of aliphatic imine (C=N–C) groups is 1. The molecule has 0 saturated carbocycles. The first-order chi connectivity index (χ1) is 14.1. The molecule has 144 valence electrons. The van der Waals surface area contributed by atoms with Gasteiger partial charge in [0, 0.05) is 0 Å². The van der Waals surface area contributed by atoms with Gasteiger partial charge in [0.2, 0.25) is 5.90 Å². The Kier molecular flexibility index (Phi) is 5.40. The summed E-state index contributed by atoms with van der Waals surface area (Å²) in [6.07, 6.45) is 1.63. The van der Waals surface area contributed by atoms with E-state index < -0.39 is 5.97 Å². The van der Waals surface area contributed by atoms with Gasteiger partial charge >= 0.3 is 5.97 Å². The first-order valence-corrected chi connectivity index (χ1v) is 9.21. The SMILES string of the molecule is O=C1OC(c2ccccc2Cl)=N/C1=C\c1ccc(OCc2ccc(F)cc2)cc1. The summed E-state index contributed by atoms with van der Waals surface area (Å²) in [5.41, 5.74) is 2.40. The van der Waals surface area contributed by atoms with Gasteiger partial charge in [-0.2, -0.15) is 0 Å². The van der Waals surface area contributed by atoms with Crippen molar-refractivity contribution in [3.8, 4) is 5.75 Å². The normalized spacial score (nSPS) is 14.6. The van der Waals surface area contributed by atoms with Crippen LogP contribution >= 0.6 is 11.6 Å². The minimum absolute atomic E-state index is 0.186. The number of nitrogens with zero attached hydrogens (tertiary/aromatic N) is 1. The molecule has 0 aliphatic carbocycles. The van der Waals surface area contributed by atoms with E-state index in [0.29, 0.717) is 22.9 Å². The molecule has 4 nitrogen and oxygen atoms in total. The van der Waals surface area contributed by atoms with Crippen LogP contribution in [0.1, 0.15) is 16.7 Å². The van der Waals surface area contributed by atoms with Crippen LogP contribution in [0.15, 0.2) is 83.5 Å². The van der Waals surface area contributed by atoms with E-state index in [9.17, 15) is 9.18 Å². The molecule has 6 heteroatoms. The predicted octanol–water partition coefficient (Wildman–Crippen LogP) is 5.40. The number of cyclic esters (lactones) is 1. The summed E-state index contributed by atoms with van der Waals surface area (Å²) in [5.74, 6) is 0.0327. The largest absolute Gasteiger partial charge is 0.489 e. The van der Waals surface area contributed by atoms with E-state index in [0.717, 1.165) is 11.1 Å². The van der Waals surface area contributed by atoms with Crippen LogP contribution in [0.5, 0.6) is 5.75 Å². The number of esters is 1. The zero-order valence-corrected chi connectivity index (χ0v) is 15.9. The van der Waals surface area contributed by atoms with Gasteiger partial charge in [0.25, 0.3) is 0 Å². The Balaban J connectivity index is 1.46. The number of halogens is 2. The molecule has 0 bridgehead atoms. The average molecular weight is 408 g/mol. The van der Waals surface area contributed by atoms with Crippen LogP contribution in [0, 0.1) is 5.82 Å². The maximum absolute atomic E-state index is 12.9. The Morgan fingerprint density at radius 1 is 1.00 bits per heavy atom. The first kappa shape index (κ1) is 18.9. The van der Waals surface area contributed by atoms with Gasteiger partial charge in [-0.25, -0.2) is 14.2 Å². The third kappa shape index (κ3) is 4.52. The van der Waals surface area contributed by atoms with Gasteiger partial charge in [-0.05, 0) is 53.6 Å². The molecule has 3 aromatic rings. The number of carbonyl (C=O) groups is 1. The van der Waals surface area contributed by atoms with Crippen LogP contribution in [-0.4, -0.2) is 11.9 Å². The molecule has 0 spiro atoms. The van der Waals surface area contributed by atoms with Gasteiger partial charge in [-0.15, -0.1) is 0 Å². The molecule has 1 aliphatic rings. The molecule has 0 unspecified atom stereocenters. The second-order valence-electron chi connectivity index (χ2n) is 6.30. The number of benzene rings is 3. The molecule has 1 aliphatic heterocycles. The molecular weight excluding hydrogens is 393 g/mol. The summed E-state index contributed by atoms with van der Waals surface area (Å²) in [4.78, 5) is 16.4. The lowest BCUT2D eigenvalue weighted by atomic mass is 10.2. The smallest absolute Gasteiger partial charge is 0.363 e. The quantitative estimate of drug-likeness (QED) is 0.420. The third-order valence-electron chi connectivity index (χ3n) is 4.23. The molecule has 4 rings (SSSR count). The van der Waals surface area contributed by atoms with Crippen LogP contribution < -0.4 is 4.74 Å². The zero-order valence-electron chi connectivity index (χ0n) is 15.1. The Hall–Kier alpha value is -3.44. The van der Waals surface area contributed by atoms with Crippen molar-refractivity contribution in [1.29, 1.82) is 0 Å². The molecule has 0 fully saturated rings. The summed E-state index contributed by atoms with van der Waals surface area (Å²) in [6.45, 7) is 0.332. The van der Waals surface area contributed by atoms with Crippen LogP contribution in [0.3, 0.4) is 0 Å². The van der Waals surface area contributed by atoms with E-state index in [2.05, 4.69) is 4.99 Å². The fourth-order valence-electron chi connectivity index (χ4n) is 2.72. The van der Waals surface area contributed by atoms with Crippen molar-refractivity contribution in [3.05, 3.63) is 106 Å². The van der Waals surface area contributed by atoms with E-state index in [1.807, 2.05) is 12.1 Å². The van der Waals surface area contributed by atoms with E-state index in [-0.39, 0.29) is 17.4 Å². The van der Waals surface area contributed by atoms with Crippen LogP contribution in [0.4, 0.5) is 4.39 Å². The van der Waals surface area contributed by atoms with Gasteiger partial charge in [0.1, 0.15) is 18.2 Å². The van der Waals surface area contributed by atoms with Gasteiger partial charge < -0.3 is 9.47 Å². The van der Waals surface area contributed by atoms with E-state index in [1.165, 1.54) is 12.1 Å². The van der Waals surface area contributed by atoms with Crippen LogP contribution in [-0.2, 0) is 16.1 Å². The van der Waals surface area contributed by atoms with Crippen LogP contribution in [0.25, 0.3) is 6.08 Å². The minimum atomic E-state index is -0.531. The maximum atomic E-state index is 12.9. The lowest BCUT2D eigenvalue weighted by Gasteiger charge is -2.06. The average Bonchev–Trinajstić information content (AvgIpc) is 3.09. The number of carbonyl (C=O) groups excluding carboxylic acids is 1. The van der Waals surface area contributed by atoms with Gasteiger partial charge in [-0.3, -0.25) is 0 Å². The van der Waals surface area contributed by atoms with Crippen molar-refractivity contribution >= 4 is 29.5 Å². The van der Waals surface area contributed by atoms with Gasteiger partial charge in [0.05, 0.1) is 10.6 Å². The molecule has 0 saturated heterocycles. The summed E-state index contributed by atoms with van der Waals surface area (Å²) in [7, 11) is 0. The van der Waals surface area contributed by atoms with Crippen molar-refractivity contribution < 1.29 is 18.7 Å². The van der Waals surface area contributed by atoms with Gasteiger partial charge in [-0.1, -0.05) is 48.0 Å². The minimum Gasteiger partial charge on any atom is -0.489 e. The zero-order chi connectivity index (χ0) is 20.2. The van der Waals surface area contributed by atoms with Crippen molar-refractivity contribution in [2.75, 3.05) is 0 Å². The van der Waals surface area contributed by atoms with Crippen molar-refractivity contribution in [2.45, 2.75) is 6.61 Å². The highest BCUT2D eigenvalue weighted by atomic mass is 35.5. The number of hydrogen-bond acceptors (Lipinski definition) is 4. The number of hydrogen-bond donors (Lipinski definition) is 0. The standard InChI is InChI=1S/C23H15ClFNO3/c24-20-4-2-1-3-19(20)22-26-21(23(27)29-22)13-15-7-11-18(12-8-15)28-14-16-5-9-17(25)10-6-16/h1-13H,14H2/b21-13-. The fraction of sp³-hybridized carbons (Fsp3) is 0.0435. The molecule has 0 atom stereocenters. The van der Waals surface area contributed by atoms with Gasteiger partial charge in [0.15, 0.2) is 5.70 Å². The highest BCUT2D eigenvalue weighted by Gasteiger charge is 2.25. The van der Waals surface area contributed by atoms with E-state index >= 15 is 0 Å². The number of ether oxygens (including phenoxy) is 2. The third-order valence-corrected chi connectivity index (χ3v) is 4.56. The molecule has 1 heterocycles. The predicted molar refractivity (Wildman–Crippen MR) is 109 cm³/mol. The monoisotopic (exact) mass is 407 g/mol. The second-order valence-corrected chi connectivity index (χ2v) is 6.71. The van der Waals surface area contributed by atoms with Crippen molar-refractivity contribution in [1.82, 2.24) is 0 Å². The summed E-state index contributed by atoms with van der Waals surface area (Å²) >= 11 is 6.13. The molecule has 0 aromatic heterocycles.